The number of aliphatic hydroxyl groups is 1. The molecule has 0 radical (unpaired) electrons. The molecule has 1 atom stereocenters. The van der Waals surface area contributed by atoms with Crippen molar-refractivity contribution in [2.45, 2.75) is 12.5 Å². The second-order valence-electron chi connectivity index (χ2n) is 4.54. The van der Waals surface area contributed by atoms with Gasteiger partial charge in [0.1, 0.15) is 17.4 Å². The number of para-hydroxylation sites is 1. The Morgan fingerprint density at radius 2 is 1.89 bits per heavy atom. The monoisotopic (exact) mass is 316 g/mol. The van der Waals surface area contributed by atoms with Crippen LogP contribution >= 0.6 is 15.9 Å². The van der Waals surface area contributed by atoms with E-state index in [-0.39, 0.29) is 0 Å². The first-order chi connectivity index (χ1) is 9.22. The molecule has 19 heavy (non-hydrogen) atoms. The van der Waals surface area contributed by atoms with Crippen LogP contribution in [0.2, 0.25) is 0 Å². The maximum atomic E-state index is 10.3. The van der Waals surface area contributed by atoms with Crippen LogP contribution < -0.4 is 0 Å². The fraction of sp³-hybridized carbons (Fsp3) is 0.125. The van der Waals surface area contributed by atoms with Crippen molar-refractivity contribution >= 4 is 26.9 Å². The summed E-state index contributed by atoms with van der Waals surface area (Å²) in [4.78, 5) is 0. The molecule has 1 heterocycles. The first-order valence-corrected chi connectivity index (χ1v) is 6.92. The average Bonchev–Trinajstić information content (AvgIpc) is 2.82. The van der Waals surface area contributed by atoms with E-state index < -0.39 is 6.10 Å². The zero-order valence-electron chi connectivity index (χ0n) is 10.2. The number of fused-ring (bicyclic) bond motifs is 1. The highest BCUT2D eigenvalue weighted by molar-refractivity contribution is 9.10. The zero-order valence-corrected chi connectivity index (χ0v) is 11.8. The van der Waals surface area contributed by atoms with E-state index >= 15 is 0 Å². The molecule has 0 bridgehead atoms. The minimum absolute atomic E-state index is 0.541. The van der Waals surface area contributed by atoms with Crippen molar-refractivity contribution in [1.29, 1.82) is 0 Å². The molecule has 0 saturated heterocycles. The molecule has 1 aromatic heterocycles. The van der Waals surface area contributed by atoms with E-state index in [9.17, 15) is 5.11 Å². The molecule has 0 amide bonds. The van der Waals surface area contributed by atoms with Crippen LogP contribution in [0.5, 0.6) is 0 Å². The smallest absolute Gasteiger partial charge is 0.134 e. The van der Waals surface area contributed by atoms with Crippen LogP contribution in [0, 0.1) is 0 Å². The Labute approximate surface area is 119 Å². The molecule has 96 valence electrons. The van der Waals surface area contributed by atoms with Crippen LogP contribution in [0.25, 0.3) is 11.0 Å². The maximum absolute atomic E-state index is 10.3. The summed E-state index contributed by atoms with van der Waals surface area (Å²) < 4.78 is 6.69. The minimum atomic E-state index is -0.623. The maximum Gasteiger partial charge on any atom is 0.134 e. The van der Waals surface area contributed by atoms with Gasteiger partial charge >= 0.3 is 0 Å². The second kappa shape index (κ2) is 5.19. The summed E-state index contributed by atoms with van der Waals surface area (Å²) in [6.45, 7) is 0. The standard InChI is InChI=1S/C16H13BrO2/c17-13-6-3-4-11(8-13)9-14(18)16-10-12-5-1-2-7-15(12)19-16/h1-8,10,14,18H,9H2. The number of furan rings is 1. The van der Waals surface area contributed by atoms with Crippen molar-refractivity contribution in [1.82, 2.24) is 0 Å². The summed E-state index contributed by atoms with van der Waals surface area (Å²) >= 11 is 3.43. The van der Waals surface area contributed by atoms with Crippen LogP contribution in [0.4, 0.5) is 0 Å². The molecule has 2 aromatic carbocycles. The van der Waals surface area contributed by atoms with E-state index in [4.69, 9.17) is 4.42 Å². The molecular formula is C16H13BrO2. The van der Waals surface area contributed by atoms with Gasteiger partial charge in [-0.15, -0.1) is 0 Å². The van der Waals surface area contributed by atoms with Gasteiger partial charge in [-0.05, 0) is 29.8 Å². The average molecular weight is 317 g/mol. The molecule has 1 N–H and O–H groups in total. The van der Waals surface area contributed by atoms with Gasteiger partial charge < -0.3 is 9.52 Å². The first-order valence-electron chi connectivity index (χ1n) is 6.13. The number of halogens is 1. The lowest BCUT2D eigenvalue weighted by molar-refractivity contribution is 0.152. The normalized spacial score (nSPS) is 12.7. The Bertz CT molecular complexity index is 670. The van der Waals surface area contributed by atoms with Crippen molar-refractivity contribution in [3.05, 3.63) is 70.4 Å². The Morgan fingerprint density at radius 1 is 1.05 bits per heavy atom. The summed E-state index contributed by atoms with van der Waals surface area (Å²) in [7, 11) is 0. The molecular weight excluding hydrogens is 304 g/mol. The zero-order chi connectivity index (χ0) is 13.2. The van der Waals surface area contributed by atoms with Gasteiger partial charge in [0, 0.05) is 16.3 Å². The molecule has 0 aliphatic carbocycles. The van der Waals surface area contributed by atoms with E-state index in [1.54, 1.807) is 0 Å². The largest absolute Gasteiger partial charge is 0.458 e. The Hall–Kier alpha value is -1.58. The van der Waals surface area contributed by atoms with Gasteiger partial charge in [0.25, 0.3) is 0 Å². The Balaban J connectivity index is 1.85. The van der Waals surface area contributed by atoms with Gasteiger partial charge in [0.05, 0.1) is 0 Å². The highest BCUT2D eigenvalue weighted by Gasteiger charge is 2.14. The first kappa shape index (κ1) is 12.5. The molecule has 0 fully saturated rings. The van der Waals surface area contributed by atoms with E-state index in [0.29, 0.717) is 12.2 Å². The van der Waals surface area contributed by atoms with Crippen molar-refractivity contribution in [2.24, 2.45) is 0 Å². The number of hydrogen-bond acceptors (Lipinski definition) is 2. The summed E-state index contributed by atoms with van der Waals surface area (Å²) in [5, 5.41) is 11.3. The van der Waals surface area contributed by atoms with E-state index in [0.717, 1.165) is 21.0 Å². The Kier molecular flexibility index (Phi) is 3.40. The molecule has 2 nitrogen and oxygen atoms in total. The van der Waals surface area contributed by atoms with Crippen LogP contribution in [0.3, 0.4) is 0 Å². The fourth-order valence-corrected chi connectivity index (χ4v) is 2.60. The third-order valence-corrected chi connectivity index (χ3v) is 3.58. The van der Waals surface area contributed by atoms with E-state index in [1.807, 2.05) is 54.6 Å². The second-order valence-corrected chi connectivity index (χ2v) is 5.45. The van der Waals surface area contributed by atoms with E-state index in [1.165, 1.54) is 0 Å². The summed E-state index contributed by atoms with van der Waals surface area (Å²) in [5.41, 5.74) is 1.88. The molecule has 3 aromatic rings. The van der Waals surface area contributed by atoms with Crippen LogP contribution in [0.1, 0.15) is 17.4 Å². The third-order valence-electron chi connectivity index (χ3n) is 3.09. The number of rotatable bonds is 3. The van der Waals surface area contributed by atoms with Crippen LogP contribution in [-0.4, -0.2) is 5.11 Å². The molecule has 0 aliphatic rings. The van der Waals surface area contributed by atoms with Crippen molar-refractivity contribution < 1.29 is 9.52 Å². The number of benzene rings is 2. The van der Waals surface area contributed by atoms with Crippen LogP contribution in [0.15, 0.2) is 63.5 Å². The predicted octanol–water partition coefficient (Wildman–Crippen LogP) is 4.47. The van der Waals surface area contributed by atoms with Crippen molar-refractivity contribution in [3.63, 3.8) is 0 Å². The fourth-order valence-electron chi connectivity index (χ4n) is 2.15. The quantitative estimate of drug-likeness (QED) is 0.773. The SMILES string of the molecule is OC(Cc1cccc(Br)c1)c1cc2ccccc2o1. The molecule has 3 heteroatoms. The van der Waals surface area contributed by atoms with Gasteiger partial charge in [-0.1, -0.05) is 46.3 Å². The highest BCUT2D eigenvalue weighted by Crippen LogP contribution is 2.26. The lowest BCUT2D eigenvalue weighted by atomic mass is 10.1. The molecule has 1 unspecified atom stereocenters. The number of aliphatic hydroxyl groups excluding tert-OH is 1. The molecule has 3 rings (SSSR count). The summed E-state index contributed by atoms with van der Waals surface area (Å²) in [6, 6.07) is 17.6. The lowest BCUT2D eigenvalue weighted by Crippen LogP contribution is -2.00. The number of hydrogen-bond donors (Lipinski definition) is 1. The van der Waals surface area contributed by atoms with Gasteiger partial charge in [-0.3, -0.25) is 0 Å². The topological polar surface area (TPSA) is 33.4 Å². The van der Waals surface area contributed by atoms with Gasteiger partial charge in [0.2, 0.25) is 0 Å². The van der Waals surface area contributed by atoms with Crippen LogP contribution in [-0.2, 0) is 6.42 Å². The summed E-state index contributed by atoms with van der Waals surface area (Å²) in [5.74, 6) is 0.612. The van der Waals surface area contributed by atoms with Gasteiger partial charge in [-0.25, -0.2) is 0 Å². The lowest BCUT2D eigenvalue weighted by Gasteiger charge is -2.07. The van der Waals surface area contributed by atoms with E-state index in [2.05, 4.69) is 15.9 Å². The minimum Gasteiger partial charge on any atom is -0.458 e. The molecule has 0 saturated carbocycles. The van der Waals surface area contributed by atoms with Gasteiger partial charge in [0.15, 0.2) is 0 Å². The highest BCUT2D eigenvalue weighted by atomic mass is 79.9. The van der Waals surface area contributed by atoms with Gasteiger partial charge in [-0.2, -0.15) is 0 Å². The molecule has 0 spiro atoms. The van der Waals surface area contributed by atoms with Crippen molar-refractivity contribution in [3.8, 4) is 0 Å². The molecule has 0 aliphatic heterocycles. The third kappa shape index (κ3) is 2.72. The predicted molar refractivity (Wildman–Crippen MR) is 79.0 cm³/mol. The van der Waals surface area contributed by atoms with Crippen molar-refractivity contribution in [2.75, 3.05) is 0 Å². The Morgan fingerprint density at radius 3 is 2.68 bits per heavy atom. The summed E-state index contributed by atoms with van der Waals surface area (Å²) in [6.07, 6.45) is -0.0825.